The minimum absolute atomic E-state index is 0.117. The predicted octanol–water partition coefficient (Wildman–Crippen LogP) is 2.21. The highest BCUT2D eigenvalue weighted by atomic mass is 35.5. The average molecular weight is 204 g/mol. The maximum absolute atomic E-state index is 13.0. The van der Waals surface area contributed by atoms with Crippen LogP contribution in [-0.2, 0) is 0 Å². The summed E-state index contributed by atoms with van der Waals surface area (Å²) in [4.78, 5) is 0. The summed E-state index contributed by atoms with van der Waals surface area (Å²) in [6, 6.07) is 4.02. The molecule has 70 valence electrons. The fourth-order valence-corrected chi connectivity index (χ4v) is 0.970. The monoisotopic (exact) mass is 203 g/mol. The molecule has 0 aromatic heterocycles. The summed E-state index contributed by atoms with van der Waals surface area (Å²) in [5.41, 5.74) is 0.294. The van der Waals surface area contributed by atoms with Crippen LogP contribution in [0.25, 0.3) is 0 Å². The van der Waals surface area contributed by atoms with Crippen molar-refractivity contribution in [2.45, 2.75) is 0 Å². The second-order valence-corrected chi connectivity index (χ2v) is 2.60. The van der Waals surface area contributed by atoms with E-state index in [2.05, 4.69) is 5.16 Å². The molecule has 0 bridgehead atoms. The molecule has 0 aliphatic rings. The summed E-state index contributed by atoms with van der Waals surface area (Å²) in [6.45, 7) is 0. The van der Waals surface area contributed by atoms with Crippen LogP contribution in [-0.4, -0.2) is 17.5 Å². The Kier molecular flexibility index (Phi) is 3.08. The number of hydrogen-bond acceptors (Lipinski definition) is 3. The van der Waals surface area contributed by atoms with Crippen LogP contribution in [0.4, 0.5) is 4.39 Å². The molecule has 0 aliphatic heterocycles. The molecule has 0 saturated heterocycles. The molecular weight excluding hydrogens is 197 g/mol. The summed E-state index contributed by atoms with van der Waals surface area (Å²) in [7, 11) is 1.36. The van der Waals surface area contributed by atoms with E-state index in [-0.39, 0.29) is 10.9 Å². The van der Waals surface area contributed by atoms with Gasteiger partial charge in [-0.05, 0) is 18.2 Å². The Morgan fingerprint density at radius 2 is 2.31 bits per heavy atom. The van der Waals surface area contributed by atoms with E-state index in [0.717, 1.165) is 6.07 Å². The molecule has 0 atom stereocenters. The molecule has 1 aromatic carbocycles. The Morgan fingerprint density at radius 3 is 2.77 bits per heavy atom. The van der Waals surface area contributed by atoms with Gasteiger partial charge in [0.1, 0.15) is 0 Å². The summed E-state index contributed by atoms with van der Waals surface area (Å²) in [5.74, 6) is -0.437. The third kappa shape index (κ3) is 2.09. The minimum Gasteiger partial charge on any atom is -0.494 e. The normalized spacial score (nSPS) is 11.5. The minimum atomic E-state index is -0.554. The lowest BCUT2D eigenvalue weighted by Crippen LogP contribution is -1.94. The molecular formula is C8H7ClFNO2. The van der Waals surface area contributed by atoms with Gasteiger partial charge >= 0.3 is 0 Å². The van der Waals surface area contributed by atoms with Crippen molar-refractivity contribution in [3.05, 3.63) is 29.6 Å². The van der Waals surface area contributed by atoms with E-state index in [1.807, 2.05) is 0 Å². The molecule has 0 saturated carbocycles. The van der Waals surface area contributed by atoms with Crippen LogP contribution < -0.4 is 4.74 Å². The van der Waals surface area contributed by atoms with Crippen molar-refractivity contribution in [1.82, 2.24) is 0 Å². The predicted molar refractivity (Wildman–Crippen MR) is 47.1 cm³/mol. The highest BCUT2D eigenvalue weighted by Gasteiger charge is 2.06. The van der Waals surface area contributed by atoms with Crippen LogP contribution in [0, 0.1) is 5.82 Å². The van der Waals surface area contributed by atoms with E-state index in [9.17, 15) is 4.39 Å². The van der Waals surface area contributed by atoms with E-state index in [0.29, 0.717) is 5.56 Å². The van der Waals surface area contributed by atoms with Gasteiger partial charge in [-0.3, -0.25) is 0 Å². The lowest BCUT2D eigenvalue weighted by molar-refractivity contribution is 0.321. The third-order valence-corrected chi connectivity index (χ3v) is 1.77. The van der Waals surface area contributed by atoms with Crippen molar-refractivity contribution in [3.63, 3.8) is 0 Å². The van der Waals surface area contributed by atoms with Crippen molar-refractivity contribution < 1.29 is 14.3 Å². The number of hydrogen-bond donors (Lipinski definition) is 1. The highest BCUT2D eigenvalue weighted by Crippen LogP contribution is 2.18. The number of halogens is 2. The second-order valence-electron chi connectivity index (χ2n) is 2.24. The highest BCUT2D eigenvalue weighted by molar-refractivity contribution is 6.69. The first-order valence-electron chi connectivity index (χ1n) is 3.40. The average Bonchev–Trinajstić information content (AvgIpc) is 2.16. The van der Waals surface area contributed by atoms with Gasteiger partial charge in [-0.1, -0.05) is 16.8 Å². The smallest absolute Gasteiger partial charge is 0.175 e. The van der Waals surface area contributed by atoms with Gasteiger partial charge in [-0.15, -0.1) is 0 Å². The Bertz CT molecular complexity index is 341. The Hall–Kier alpha value is -1.29. The number of ether oxygens (including phenoxy) is 1. The number of nitrogens with zero attached hydrogens (tertiary/aromatic N) is 1. The van der Waals surface area contributed by atoms with Crippen LogP contribution in [0.15, 0.2) is 23.4 Å². The number of benzene rings is 1. The van der Waals surface area contributed by atoms with Gasteiger partial charge in [-0.2, -0.15) is 0 Å². The zero-order valence-electron chi connectivity index (χ0n) is 6.79. The van der Waals surface area contributed by atoms with Crippen molar-refractivity contribution in [2.24, 2.45) is 5.16 Å². The zero-order valence-corrected chi connectivity index (χ0v) is 7.55. The lowest BCUT2D eigenvalue weighted by Gasteiger charge is -2.02. The molecule has 0 unspecified atom stereocenters. The molecule has 0 radical (unpaired) electrons. The van der Waals surface area contributed by atoms with Crippen molar-refractivity contribution >= 4 is 16.8 Å². The molecule has 0 spiro atoms. The van der Waals surface area contributed by atoms with Gasteiger partial charge in [0.05, 0.1) is 7.11 Å². The largest absolute Gasteiger partial charge is 0.494 e. The van der Waals surface area contributed by atoms with Crippen LogP contribution in [0.2, 0.25) is 0 Å². The number of oxime groups is 1. The SMILES string of the molecule is COc1ccc(/C(Cl)=N/O)cc1F. The summed E-state index contributed by atoms with van der Waals surface area (Å²) < 4.78 is 17.7. The summed E-state index contributed by atoms with van der Waals surface area (Å²) >= 11 is 5.45. The first-order chi connectivity index (χ1) is 6.19. The topological polar surface area (TPSA) is 41.8 Å². The number of methoxy groups -OCH3 is 1. The molecule has 0 amide bonds. The third-order valence-electron chi connectivity index (χ3n) is 1.48. The molecule has 0 fully saturated rings. The fraction of sp³-hybridized carbons (Fsp3) is 0.125. The molecule has 13 heavy (non-hydrogen) atoms. The van der Waals surface area contributed by atoms with Gasteiger partial charge in [0.2, 0.25) is 0 Å². The Labute approximate surface area is 79.4 Å². The standard InChI is InChI=1S/C8H7ClFNO2/c1-13-7-3-2-5(4-6(7)10)8(9)11-12/h2-4,12H,1H3/b11-8-. The van der Waals surface area contributed by atoms with E-state index < -0.39 is 5.82 Å². The first-order valence-corrected chi connectivity index (χ1v) is 3.78. The fourth-order valence-electron chi connectivity index (χ4n) is 0.852. The maximum Gasteiger partial charge on any atom is 0.175 e. The van der Waals surface area contributed by atoms with Crippen LogP contribution in [0.3, 0.4) is 0 Å². The Morgan fingerprint density at radius 1 is 1.62 bits per heavy atom. The molecule has 5 heteroatoms. The van der Waals surface area contributed by atoms with E-state index in [1.165, 1.54) is 19.2 Å². The van der Waals surface area contributed by atoms with Gasteiger partial charge in [0.25, 0.3) is 0 Å². The molecule has 1 aromatic rings. The number of rotatable bonds is 2. The van der Waals surface area contributed by atoms with Gasteiger partial charge < -0.3 is 9.94 Å². The van der Waals surface area contributed by atoms with E-state index in [4.69, 9.17) is 21.5 Å². The molecule has 0 heterocycles. The van der Waals surface area contributed by atoms with E-state index >= 15 is 0 Å². The summed E-state index contributed by atoms with van der Waals surface area (Å²) in [5, 5.41) is 10.9. The van der Waals surface area contributed by atoms with Gasteiger partial charge in [0.15, 0.2) is 16.7 Å². The van der Waals surface area contributed by atoms with Crippen molar-refractivity contribution in [2.75, 3.05) is 7.11 Å². The first kappa shape index (κ1) is 9.80. The Balaban J connectivity index is 3.10. The van der Waals surface area contributed by atoms with Crippen LogP contribution in [0.5, 0.6) is 5.75 Å². The zero-order chi connectivity index (χ0) is 9.84. The van der Waals surface area contributed by atoms with Crippen molar-refractivity contribution in [1.29, 1.82) is 0 Å². The van der Waals surface area contributed by atoms with Crippen molar-refractivity contribution in [3.8, 4) is 5.75 Å². The maximum atomic E-state index is 13.0. The van der Waals surface area contributed by atoms with Gasteiger partial charge in [0, 0.05) is 5.56 Å². The van der Waals surface area contributed by atoms with Gasteiger partial charge in [-0.25, -0.2) is 4.39 Å². The molecule has 1 N–H and O–H groups in total. The quantitative estimate of drug-likeness (QED) is 0.455. The summed E-state index contributed by atoms with van der Waals surface area (Å²) in [6.07, 6.45) is 0. The molecule has 1 rings (SSSR count). The van der Waals surface area contributed by atoms with E-state index in [1.54, 1.807) is 0 Å². The molecule has 0 aliphatic carbocycles. The van der Waals surface area contributed by atoms with Crippen LogP contribution in [0.1, 0.15) is 5.56 Å². The lowest BCUT2D eigenvalue weighted by atomic mass is 10.2. The molecule has 3 nitrogen and oxygen atoms in total. The second kappa shape index (κ2) is 4.09. The van der Waals surface area contributed by atoms with Crippen LogP contribution >= 0.6 is 11.6 Å².